The zero-order valence-corrected chi connectivity index (χ0v) is 19.1. The van der Waals surface area contributed by atoms with Crippen LogP contribution in [0.2, 0.25) is 5.02 Å². The standard InChI is InChI=1S/C24H27ClN4O2/c1-14(2)22(27-23(30)19-8-6-7-9-20(19)25)24(31)26-21-13-17(5)28-29(21)18-11-15(3)10-16(4)12-18/h6-14,22H,1-5H3,(H,26,31)(H,27,30)/t22-/m0/s1. The van der Waals surface area contributed by atoms with Crippen LogP contribution in [0, 0.1) is 26.7 Å². The normalized spacial score (nSPS) is 12.0. The van der Waals surface area contributed by atoms with Crippen LogP contribution in [0.4, 0.5) is 5.82 Å². The molecule has 7 heteroatoms. The fourth-order valence-electron chi connectivity index (χ4n) is 3.46. The van der Waals surface area contributed by atoms with Crippen LogP contribution < -0.4 is 10.6 Å². The summed E-state index contributed by atoms with van der Waals surface area (Å²) in [6.07, 6.45) is 0. The molecule has 3 rings (SSSR count). The van der Waals surface area contributed by atoms with Gasteiger partial charge in [0.1, 0.15) is 11.9 Å². The molecule has 1 atom stereocenters. The summed E-state index contributed by atoms with van der Waals surface area (Å²) in [5, 5.41) is 10.6. The lowest BCUT2D eigenvalue weighted by Crippen LogP contribution is -2.47. The van der Waals surface area contributed by atoms with Crippen molar-refractivity contribution in [1.29, 1.82) is 0 Å². The Labute approximate surface area is 187 Å². The number of amides is 2. The molecule has 162 valence electrons. The number of nitrogens with one attached hydrogen (secondary N) is 2. The highest BCUT2D eigenvalue weighted by Crippen LogP contribution is 2.21. The minimum absolute atomic E-state index is 0.134. The van der Waals surface area contributed by atoms with Gasteiger partial charge in [-0.3, -0.25) is 9.59 Å². The van der Waals surface area contributed by atoms with Gasteiger partial charge in [0.15, 0.2) is 0 Å². The summed E-state index contributed by atoms with van der Waals surface area (Å²) < 4.78 is 1.71. The van der Waals surface area contributed by atoms with Crippen molar-refractivity contribution in [3.05, 3.63) is 75.9 Å². The van der Waals surface area contributed by atoms with Gasteiger partial charge in [0, 0.05) is 6.07 Å². The van der Waals surface area contributed by atoms with Gasteiger partial charge in [-0.25, -0.2) is 4.68 Å². The van der Waals surface area contributed by atoms with E-state index >= 15 is 0 Å². The minimum Gasteiger partial charge on any atom is -0.340 e. The first-order chi connectivity index (χ1) is 14.7. The van der Waals surface area contributed by atoms with Crippen molar-refractivity contribution in [2.75, 3.05) is 5.32 Å². The molecule has 3 aromatic rings. The van der Waals surface area contributed by atoms with Gasteiger partial charge in [-0.2, -0.15) is 5.10 Å². The summed E-state index contributed by atoms with van der Waals surface area (Å²) in [7, 11) is 0. The quantitative estimate of drug-likeness (QED) is 0.577. The molecule has 0 saturated heterocycles. The van der Waals surface area contributed by atoms with Gasteiger partial charge in [-0.15, -0.1) is 0 Å². The molecule has 0 aliphatic heterocycles. The molecular weight excluding hydrogens is 412 g/mol. The summed E-state index contributed by atoms with van der Waals surface area (Å²) in [6.45, 7) is 9.66. The monoisotopic (exact) mass is 438 g/mol. The number of anilines is 1. The molecule has 0 spiro atoms. The molecule has 2 aromatic carbocycles. The average Bonchev–Trinajstić information content (AvgIpc) is 3.05. The molecule has 0 aliphatic carbocycles. The fraction of sp³-hybridized carbons (Fsp3) is 0.292. The maximum absolute atomic E-state index is 13.1. The lowest BCUT2D eigenvalue weighted by molar-refractivity contribution is -0.118. The molecule has 0 saturated carbocycles. The Kier molecular flexibility index (Phi) is 6.81. The first kappa shape index (κ1) is 22.6. The van der Waals surface area contributed by atoms with Gasteiger partial charge in [0.25, 0.3) is 5.91 Å². The molecule has 2 amide bonds. The summed E-state index contributed by atoms with van der Waals surface area (Å²) in [6, 6.07) is 13.9. The lowest BCUT2D eigenvalue weighted by Gasteiger charge is -2.22. The van der Waals surface area contributed by atoms with E-state index in [1.165, 1.54) is 0 Å². The number of carbonyl (C=O) groups is 2. The van der Waals surface area contributed by atoms with Crippen molar-refractivity contribution in [3.63, 3.8) is 0 Å². The zero-order valence-electron chi connectivity index (χ0n) is 18.4. The van der Waals surface area contributed by atoms with Crippen LogP contribution in [0.5, 0.6) is 0 Å². The summed E-state index contributed by atoms with van der Waals surface area (Å²) >= 11 is 6.14. The van der Waals surface area contributed by atoms with E-state index < -0.39 is 11.9 Å². The number of rotatable bonds is 6. The van der Waals surface area contributed by atoms with Crippen LogP contribution in [0.25, 0.3) is 5.69 Å². The van der Waals surface area contributed by atoms with Gasteiger partial charge in [0.05, 0.1) is 22.0 Å². The Morgan fingerprint density at radius 1 is 1.00 bits per heavy atom. The van der Waals surface area contributed by atoms with Gasteiger partial charge in [-0.1, -0.05) is 43.6 Å². The van der Waals surface area contributed by atoms with Gasteiger partial charge in [0.2, 0.25) is 5.91 Å². The van der Waals surface area contributed by atoms with Crippen LogP contribution in [-0.4, -0.2) is 27.6 Å². The topological polar surface area (TPSA) is 76.0 Å². The number of aryl methyl sites for hydroxylation is 3. The van der Waals surface area contributed by atoms with E-state index in [1.54, 1.807) is 28.9 Å². The van der Waals surface area contributed by atoms with Crippen molar-refractivity contribution in [1.82, 2.24) is 15.1 Å². The van der Waals surface area contributed by atoms with Crippen LogP contribution >= 0.6 is 11.6 Å². The van der Waals surface area contributed by atoms with Gasteiger partial charge >= 0.3 is 0 Å². The van der Waals surface area contributed by atoms with E-state index in [-0.39, 0.29) is 11.8 Å². The second-order valence-electron chi connectivity index (χ2n) is 8.09. The van der Waals surface area contributed by atoms with Crippen molar-refractivity contribution in [2.24, 2.45) is 5.92 Å². The molecule has 31 heavy (non-hydrogen) atoms. The van der Waals surface area contributed by atoms with Crippen molar-refractivity contribution >= 4 is 29.2 Å². The molecular formula is C24H27ClN4O2. The average molecular weight is 439 g/mol. The zero-order chi connectivity index (χ0) is 22.7. The highest BCUT2D eigenvalue weighted by molar-refractivity contribution is 6.33. The van der Waals surface area contributed by atoms with E-state index in [2.05, 4.69) is 21.8 Å². The molecule has 0 unspecified atom stereocenters. The molecule has 0 radical (unpaired) electrons. The third kappa shape index (κ3) is 5.33. The highest BCUT2D eigenvalue weighted by Gasteiger charge is 2.26. The van der Waals surface area contributed by atoms with Crippen LogP contribution in [0.1, 0.15) is 41.0 Å². The Balaban J connectivity index is 1.85. The second kappa shape index (κ2) is 9.35. The number of aromatic nitrogens is 2. The molecule has 0 aliphatic rings. The predicted molar refractivity (Wildman–Crippen MR) is 124 cm³/mol. The molecule has 0 fully saturated rings. The number of halogens is 1. The smallest absolute Gasteiger partial charge is 0.253 e. The minimum atomic E-state index is -0.744. The second-order valence-corrected chi connectivity index (χ2v) is 8.50. The first-order valence-corrected chi connectivity index (χ1v) is 10.5. The predicted octanol–water partition coefficient (Wildman–Crippen LogP) is 4.84. The maximum Gasteiger partial charge on any atom is 0.253 e. The van der Waals surface area contributed by atoms with Crippen LogP contribution in [0.3, 0.4) is 0 Å². The SMILES string of the molecule is Cc1cc(C)cc(-n2nc(C)cc2NC(=O)[C@@H](NC(=O)c2ccccc2Cl)C(C)C)c1. The third-order valence-electron chi connectivity index (χ3n) is 4.89. The molecule has 0 bridgehead atoms. The number of nitrogens with zero attached hydrogens (tertiary/aromatic N) is 2. The maximum atomic E-state index is 13.1. The molecule has 1 heterocycles. The van der Waals surface area contributed by atoms with Crippen LogP contribution in [0.15, 0.2) is 48.5 Å². The first-order valence-electron chi connectivity index (χ1n) is 10.2. The van der Waals surface area contributed by atoms with Gasteiger partial charge < -0.3 is 10.6 Å². The number of benzene rings is 2. The fourth-order valence-corrected chi connectivity index (χ4v) is 3.68. The van der Waals surface area contributed by atoms with E-state index in [1.807, 2.05) is 52.8 Å². The van der Waals surface area contributed by atoms with Crippen molar-refractivity contribution in [3.8, 4) is 5.69 Å². The van der Waals surface area contributed by atoms with Crippen molar-refractivity contribution in [2.45, 2.75) is 40.7 Å². The van der Waals surface area contributed by atoms with E-state index in [9.17, 15) is 9.59 Å². The number of hydrogen-bond acceptors (Lipinski definition) is 3. The lowest BCUT2D eigenvalue weighted by atomic mass is 10.0. The summed E-state index contributed by atoms with van der Waals surface area (Å²) in [5.74, 6) is -0.297. The summed E-state index contributed by atoms with van der Waals surface area (Å²) in [5.41, 5.74) is 4.18. The Bertz CT molecular complexity index is 1100. The van der Waals surface area contributed by atoms with E-state index in [4.69, 9.17) is 11.6 Å². The van der Waals surface area contributed by atoms with Crippen molar-refractivity contribution < 1.29 is 9.59 Å². The number of carbonyl (C=O) groups excluding carboxylic acids is 2. The largest absolute Gasteiger partial charge is 0.340 e. The van der Waals surface area contributed by atoms with Crippen LogP contribution in [-0.2, 0) is 4.79 Å². The number of hydrogen-bond donors (Lipinski definition) is 2. The van der Waals surface area contributed by atoms with E-state index in [0.29, 0.717) is 16.4 Å². The Morgan fingerprint density at radius 2 is 1.65 bits per heavy atom. The van der Waals surface area contributed by atoms with Gasteiger partial charge in [-0.05, 0) is 62.1 Å². The van der Waals surface area contributed by atoms with E-state index in [0.717, 1.165) is 22.5 Å². The molecule has 2 N–H and O–H groups in total. The highest BCUT2D eigenvalue weighted by atomic mass is 35.5. The third-order valence-corrected chi connectivity index (χ3v) is 5.22. The Morgan fingerprint density at radius 3 is 2.26 bits per heavy atom. The Hall–Kier alpha value is -3.12. The summed E-state index contributed by atoms with van der Waals surface area (Å²) in [4.78, 5) is 25.8. The molecule has 6 nitrogen and oxygen atoms in total. The molecule has 1 aromatic heterocycles.